The third-order valence-electron chi connectivity index (χ3n) is 6.77. The molecule has 0 spiro atoms. The first-order valence-corrected chi connectivity index (χ1v) is 13.2. The SMILES string of the molecule is Cn1cnc(Cn2c(=O)nc(Nc3cc4cn(CC5(N)CC5)nc4cc3Cl)n(Cc3cc(Cl)c(F)cc3F)c2=O)n1. The Morgan fingerprint density at radius 3 is 2.51 bits per heavy atom. The highest BCUT2D eigenvalue weighted by Crippen LogP contribution is 2.35. The van der Waals surface area contributed by atoms with Crippen LogP contribution in [-0.4, -0.2) is 44.2 Å². The molecular formula is C25H22Cl2F2N10O2. The Morgan fingerprint density at radius 2 is 1.80 bits per heavy atom. The molecule has 0 aliphatic heterocycles. The maximum absolute atomic E-state index is 14.7. The lowest BCUT2D eigenvalue weighted by Crippen LogP contribution is -2.43. The average molecular weight is 603 g/mol. The van der Waals surface area contributed by atoms with Gasteiger partial charge in [0.25, 0.3) is 0 Å². The molecule has 1 aliphatic carbocycles. The fraction of sp³-hybridized carbons (Fsp3) is 0.280. The van der Waals surface area contributed by atoms with Crippen LogP contribution < -0.4 is 22.4 Å². The Kier molecular flexibility index (Phi) is 6.63. The number of nitrogens with zero attached hydrogens (tertiary/aromatic N) is 8. The molecule has 0 atom stereocenters. The van der Waals surface area contributed by atoms with Crippen LogP contribution in [0.15, 0.2) is 46.4 Å². The third kappa shape index (κ3) is 5.45. The quantitative estimate of drug-likeness (QED) is 0.258. The van der Waals surface area contributed by atoms with Crippen LogP contribution in [0.25, 0.3) is 10.9 Å². The zero-order chi connectivity index (χ0) is 29.1. The van der Waals surface area contributed by atoms with Gasteiger partial charge in [-0.05, 0) is 31.0 Å². The van der Waals surface area contributed by atoms with Crippen molar-refractivity contribution in [2.45, 2.75) is 38.0 Å². The number of hydrogen-bond donors (Lipinski definition) is 2. The predicted molar refractivity (Wildman–Crippen MR) is 148 cm³/mol. The molecule has 12 nitrogen and oxygen atoms in total. The smallest absolute Gasteiger partial charge is 0.324 e. The van der Waals surface area contributed by atoms with Gasteiger partial charge in [0.1, 0.15) is 18.0 Å². The molecule has 0 amide bonds. The molecule has 0 unspecified atom stereocenters. The van der Waals surface area contributed by atoms with Crippen molar-refractivity contribution >= 4 is 45.7 Å². The summed E-state index contributed by atoms with van der Waals surface area (Å²) in [7, 11) is 1.63. The van der Waals surface area contributed by atoms with E-state index in [9.17, 15) is 18.4 Å². The zero-order valence-electron chi connectivity index (χ0n) is 21.5. The van der Waals surface area contributed by atoms with E-state index in [4.69, 9.17) is 28.9 Å². The number of aromatic nitrogens is 8. The number of hydrogen-bond acceptors (Lipinski definition) is 8. The summed E-state index contributed by atoms with van der Waals surface area (Å²) in [5.41, 5.74) is 5.04. The Morgan fingerprint density at radius 1 is 1.02 bits per heavy atom. The molecule has 3 heterocycles. The molecule has 41 heavy (non-hydrogen) atoms. The normalized spacial score (nSPS) is 14.1. The van der Waals surface area contributed by atoms with Crippen molar-refractivity contribution in [3.05, 3.63) is 90.8 Å². The molecule has 212 valence electrons. The van der Waals surface area contributed by atoms with Crippen molar-refractivity contribution < 1.29 is 8.78 Å². The minimum absolute atomic E-state index is 0.108. The largest absolute Gasteiger partial charge is 0.355 e. The summed E-state index contributed by atoms with van der Waals surface area (Å²) in [6, 6.07) is 5.00. The molecule has 5 aromatic rings. The first-order valence-electron chi connectivity index (χ1n) is 12.4. The molecular weight excluding hydrogens is 581 g/mol. The van der Waals surface area contributed by atoms with Crippen LogP contribution in [0.4, 0.5) is 20.4 Å². The van der Waals surface area contributed by atoms with E-state index in [-0.39, 0.29) is 39.5 Å². The lowest BCUT2D eigenvalue weighted by molar-refractivity contribution is 0.503. The van der Waals surface area contributed by atoms with Crippen molar-refractivity contribution in [2.75, 3.05) is 5.32 Å². The molecule has 0 radical (unpaired) electrons. The molecule has 3 N–H and O–H groups in total. The van der Waals surface area contributed by atoms with Crippen molar-refractivity contribution in [1.82, 2.24) is 38.7 Å². The van der Waals surface area contributed by atoms with Gasteiger partial charge in [0.05, 0.1) is 40.9 Å². The van der Waals surface area contributed by atoms with Gasteiger partial charge < -0.3 is 11.1 Å². The Labute approximate surface area is 239 Å². The molecule has 6 rings (SSSR count). The summed E-state index contributed by atoms with van der Waals surface area (Å²) in [4.78, 5) is 34.7. The number of aryl methyl sites for hydroxylation is 1. The average Bonchev–Trinajstić information content (AvgIpc) is 3.28. The van der Waals surface area contributed by atoms with Crippen LogP contribution in [0.3, 0.4) is 0 Å². The van der Waals surface area contributed by atoms with Crippen LogP contribution >= 0.6 is 23.2 Å². The summed E-state index contributed by atoms with van der Waals surface area (Å²) in [6.07, 6.45) is 5.07. The molecule has 1 saturated carbocycles. The third-order valence-corrected chi connectivity index (χ3v) is 7.37. The molecule has 0 saturated heterocycles. The summed E-state index contributed by atoms with van der Waals surface area (Å²) in [6.45, 7) is -0.169. The first kappa shape index (κ1) is 27.1. The molecule has 2 aromatic carbocycles. The second-order valence-corrected chi connectivity index (χ2v) is 10.9. The van der Waals surface area contributed by atoms with Gasteiger partial charge in [0.15, 0.2) is 5.82 Å². The number of rotatable bonds is 8. The first-order chi connectivity index (χ1) is 19.5. The lowest BCUT2D eigenvalue weighted by atomic mass is 10.2. The number of nitrogens with two attached hydrogens (primary N) is 1. The van der Waals surface area contributed by atoms with E-state index in [1.54, 1.807) is 23.9 Å². The van der Waals surface area contributed by atoms with Crippen molar-refractivity contribution in [1.29, 1.82) is 0 Å². The number of nitrogens with one attached hydrogen (secondary N) is 1. The zero-order valence-corrected chi connectivity index (χ0v) is 23.0. The van der Waals surface area contributed by atoms with Gasteiger partial charge in [-0.25, -0.2) is 27.9 Å². The van der Waals surface area contributed by atoms with Gasteiger partial charge in [0, 0.05) is 35.8 Å². The number of halogens is 4. The Hall–Kier alpha value is -4.14. The van der Waals surface area contributed by atoms with E-state index in [1.807, 2.05) is 6.20 Å². The predicted octanol–water partition coefficient (Wildman–Crippen LogP) is 2.80. The van der Waals surface area contributed by atoms with Gasteiger partial charge >= 0.3 is 11.4 Å². The summed E-state index contributed by atoms with van der Waals surface area (Å²) < 4.78 is 33.5. The van der Waals surface area contributed by atoms with Crippen LogP contribution in [0.5, 0.6) is 0 Å². The fourth-order valence-corrected chi connectivity index (χ4v) is 4.78. The van der Waals surface area contributed by atoms with Gasteiger partial charge in [-0.15, -0.1) is 0 Å². The molecule has 1 fully saturated rings. The van der Waals surface area contributed by atoms with E-state index >= 15 is 0 Å². The van der Waals surface area contributed by atoms with Gasteiger partial charge in [-0.3, -0.25) is 13.9 Å². The van der Waals surface area contributed by atoms with Crippen molar-refractivity contribution in [3.8, 4) is 0 Å². The van der Waals surface area contributed by atoms with Crippen molar-refractivity contribution in [2.24, 2.45) is 12.8 Å². The van der Waals surface area contributed by atoms with Crippen LogP contribution in [0.1, 0.15) is 24.2 Å². The summed E-state index contributed by atoms with van der Waals surface area (Å²) in [5.74, 6) is -1.93. The molecule has 0 bridgehead atoms. The van der Waals surface area contributed by atoms with Crippen LogP contribution in [-0.2, 0) is 26.7 Å². The lowest BCUT2D eigenvalue weighted by Gasteiger charge is -2.16. The van der Waals surface area contributed by atoms with Crippen molar-refractivity contribution in [3.63, 3.8) is 0 Å². The van der Waals surface area contributed by atoms with E-state index < -0.39 is 29.6 Å². The maximum Gasteiger partial charge on any atom is 0.355 e. The van der Waals surface area contributed by atoms with E-state index in [0.717, 1.165) is 33.4 Å². The Balaban J connectivity index is 1.42. The number of anilines is 2. The highest BCUT2D eigenvalue weighted by Gasteiger charge is 2.38. The number of fused-ring (bicyclic) bond motifs is 1. The number of benzene rings is 2. The van der Waals surface area contributed by atoms with Crippen LogP contribution in [0.2, 0.25) is 10.0 Å². The van der Waals surface area contributed by atoms with E-state index in [0.29, 0.717) is 23.8 Å². The standard InChI is InChI=1S/C25H22Cl2F2N10O2/c1-36-12-31-21(35-36)10-39-23(40)33-22(38(24(39)41)9-13-4-15(26)18(29)7-17(13)28)32-20-5-14-8-37(11-25(30)2-3-25)34-19(14)6-16(20)27/h4-8,12H,2-3,9-11,30H2,1H3,(H,32,33,40). The molecule has 16 heteroatoms. The van der Waals surface area contributed by atoms with E-state index in [1.165, 1.54) is 11.0 Å². The van der Waals surface area contributed by atoms with Gasteiger partial charge in [-0.1, -0.05) is 23.2 Å². The van der Waals surface area contributed by atoms with Crippen LogP contribution in [0, 0.1) is 11.6 Å². The fourth-order valence-electron chi connectivity index (χ4n) is 4.39. The summed E-state index contributed by atoms with van der Waals surface area (Å²) in [5, 5.41) is 12.2. The summed E-state index contributed by atoms with van der Waals surface area (Å²) >= 11 is 12.4. The van der Waals surface area contributed by atoms with E-state index in [2.05, 4.69) is 25.5 Å². The Bertz CT molecular complexity index is 1940. The topological polar surface area (TPSA) is 143 Å². The van der Waals surface area contributed by atoms with Gasteiger partial charge in [-0.2, -0.15) is 15.2 Å². The second-order valence-electron chi connectivity index (χ2n) is 10.1. The second kappa shape index (κ2) is 10.0. The molecule has 3 aromatic heterocycles. The highest BCUT2D eigenvalue weighted by molar-refractivity contribution is 6.34. The molecule has 1 aliphatic rings. The van der Waals surface area contributed by atoms with Gasteiger partial charge in [0.2, 0.25) is 5.95 Å². The maximum atomic E-state index is 14.7. The highest BCUT2D eigenvalue weighted by atomic mass is 35.5. The monoisotopic (exact) mass is 602 g/mol. The minimum Gasteiger partial charge on any atom is -0.324 e. The minimum atomic E-state index is -0.953.